The number of methoxy groups -OCH3 is 1. The van der Waals surface area contributed by atoms with Crippen molar-refractivity contribution in [2.24, 2.45) is 0 Å². The summed E-state index contributed by atoms with van der Waals surface area (Å²) < 4.78 is 5.51. The number of imidazole rings is 1. The molecule has 0 radical (unpaired) electrons. The number of fused-ring (bicyclic) bond motifs is 1. The summed E-state index contributed by atoms with van der Waals surface area (Å²) >= 11 is 6.44. The molecule has 0 atom stereocenters. The topological polar surface area (TPSA) is 172 Å². The van der Waals surface area contributed by atoms with Crippen LogP contribution in [0.25, 0.3) is 11.6 Å². The van der Waals surface area contributed by atoms with Gasteiger partial charge in [-0.3, -0.25) is 19.5 Å². The van der Waals surface area contributed by atoms with Crippen molar-refractivity contribution in [2.45, 2.75) is 58.2 Å². The van der Waals surface area contributed by atoms with Crippen LogP contribution in [0.1, 0.15) is 64.4 Å². The van der Waals surface area contributed by atoms with E-state index in [0.717, 1.165) is 11.1 Å². The molecule has 12 nitrogen and oxygen atoms in total. The number of H-pyrrole nitrogens is 1. The van der Waals surface area contributed by atoms with Gasteiger partial charge in [0.15, 0.2) is 5.82 Å². The minimum absolute atomic E-state index is 0.0123. The van der Waals surface area contributed by atoms with E-state index in [0.29, 0.717) is 42.7 Å². The molecule has 204 valence electrons. The first-order chi connectivity index (χ1) is 18.7. The second kappa shape index (κ2) is 10.6. The van der Waals surface area contributed by atoms with Crippen molar-refractivity contribution in [2.75, 3.05) is 17.7 Å². The van der Waals surface area contributed by atoms with Crippen molar-refractivity contribution in [1.82, 2.24) is 30.2 Å². The fourth-order valence-corrected chi connectivity index (χ4v) is 5.29. The molecule has 0 bridgehead atoms. The minimum Gasteiger partial charge on any atom is -0.496 e. The van der Waals surface area contributed by atoms with E-state index in [1.165, 1.54) is 17.2 Å². The zero-order valence-electron chi connectivity index (χ0n) is 21.8. The SMILES string of the molecule is COc1c(C)cnc(CN2C(=O)/C(=C\c3ncc(C(=O)NC4CCC(O)CC4)[nH]3)c3c(Cl)nc(N)nc32)c1C. The third-order valence-electron chi connectivity index (χ3n) is 7.07. The molecule has 0 spiro atoms. The molecule has 3 aromatic rings. The number of hydrogen-bond donors (Lipinski definition) is 4. The Kier molecular flexibility index (Phi) is 7.23. The van der Waals surface area contributed by atoms with Gasteiger partial charge in [0, 0.05) is 23.4 Å². The van der Waals surface area contributed by atoms with E-state index in [1.807, 2.05) is 13.8 Å². The first kappa shape index (κ1) is 26.6. The normalized spacial score (nSPS) is 19.9. The number of nitrogens with one attached hydrogen (secondary N) is 2. The number of aliphatic hydroxyl groups is 1. The molecule has 1 fully saturated rings. The predicted molar refractivity (Wildman–Crippen MR) is 145 cm³/mol. The summed E-state index contributed by atoms with van der Waals surface area (Å²) in [5.74, 6) is 0.459. The maximum absolute atomic E-state index is 13.7. The van der Waals surface area contributed by atoms with Crippen LogP contribution in [0.3, 0.4) is 0 Å². The third kappa shape index (κ3) is 5.17. The Bertz CT molecular complexity index is 1480. The largest absolute Gasteiger partial charge is 0.496 e. The van der Waals surface area contributed by atoms with Crippen LogP contribution in [0.5, 0.6) is 5.75 Å². The lowest BCUT2D eigenvalue weighted by Crippen LogP contribution is -2.38. The average Bonchev–Trinajstić information content (AvgIpc) is 3.46. The molecule has 0 saturated heterocycles. The van der Waals surface area contributed by atoms with E-state index in [9.17, 15) is 14.7 Å². The summed E-state index contributed by atoms with van der Waals surface area (Å²) in [6, 6.07) is -0.0123. The van der Waals surface area contributed by atoms with Crippen molar-refractivity contribution in [3.63, 3.8) is 0 Å². The lowest BCUT2D eigenvalue weighted by Gasteiger charge is -2.25. The molecule has 5 N–H and O–H groups in total. The van der Waals surface area contributed by atoms with Gasteiger partial charge in [-0.2, -0.15) is 4.98 Å². The minimum atomic E-state index is -0.393. The lowest BCUT2D eigenvalue weighted by atomic mass is 9.93. The number of carbonyl (C=O) groups excluding carboxylic acids is 2. The fourth-order valence-electron chi connectivity index (χ4n) is 5.02. The molecule has 2 amide bonds. The molecular weight excluding hydrogens is 524 g/mol. The fraction of sp³-hybridized carbons (Fsp3) is 0.385. The molecule has 4 heterocycles. The number of nitrogen functional groups attached to an aromatic ring is 1. The summed E-state index contributed by atoms with van der Waals surface area (Å²) in [6.45, 7) is 3.86. The van der Waals surface area contributed by atoms with E-state index < -0.39 is 5.91 Å². The summed E-state index contributed by atoms with van der Waals surface area (Å²) in [4.78, 5) is 48.0. The number of carbonyl (C=O) groups is 2. The van der Waals surface area contributed by atoms with Gasteiger partial charge in [0.05, 0.1) is 42.8 Å². The Labute approximate surface area is 229 Å². The number of nitrogens with two attached hydrogens (primary N) is 1. The molecular formula is C26H29ClN8O4. The van der Waals surface area contributed by atoms with E-state index in [4.69, 9.17) is 22.1 Å². The number of amides is 2. The molecule has 3 aromatic heterocycles. The van der Waals surface area contributed by atoms with Gasteiger partial charge in [0.1, 0.15) is 22.4 Å². The third-order valence-corrected chi connectivity index (χ3v) is 7.35. The van der Waals surface area contributed by atoms with Gasteiger partial charge >= 0.3 is 0 Å². The van der Waals surface area contributed by atoms with Crippen molar-refractivity contribution in [3.8, 4) is 5.75 Å². The van der Waals surface area contributed by atoms with E-state index >= 15 is 0 Å². The Morgan fingerprint density at radius 2 is 2.00 bits per heavy atom. The molecule has 1 aliphatic carbocycles. The number of aliphatic hydroxyl groups excluding tert-OH is 1. The van der Waals surface area contributed by atoms with E-state index in [1.54, 1.807) is 13.3 Å². The highest BCUT2D eigenvalue weighted by Gasteiger charge is 2.38. The number of aromatic amines is 1. The highest BCUT2D eigenvalue weighted by Crippen LogP contribution is 2.41. The quantitative estimate of drug-likeness (QED) is 0.265. The van der Waals surface area contributed by atoms with Crippen LogP contribution in [0.2, 0.25) is 5.15 Å². The van der Waals surface area contributed by atoms with Gasteiger partial charge in [-0.1, -0.05) is 11.6 Å². The first-order valence-electron chi connectivity index (χ1n) is 12.6. The Morgan fingerprint density at radius 1 is 1.26 bits per heavy atom. The summed E-state index contributed by atoms with van der Waals surface area (Å²) in [7, 11) is 1.58. The highest BCUT2D eigenvalue weighted by molar-refractivity contribution is 6.41. The predicted octanol–water partition coefficient (Wildman–Crippen LogP) is 2.58. The number of halogens is 1. The zero-order valence-corrected chi connectivity index (χ0v) is 22.5. The van der Waals surface area contributed by atoms with Gasteiger partial charge in [-0.25, -0.2) is 9.97 Å². The van der Waals surface area contributed by atoms with Crippen LogP contribution in [-0.4, -0.2) is 61.1 Å². The highest BCUT2D eigenvalue weighted by atomic mass is 35.5. The van der Waals surface area contributed by atoms with E-state index in [2.05, 4.69) is 30.2 Å². The van der Waals surface area contributed by atoms with Crippen LogP contribution in [0, 0.1) is 13.8 Å². The smallest absolute Gasteiger partial charge is 0.269 e. The molecule has 1 aliphatic heterocycles. The second-order valence-electron chi connectivity index (χ2n) is 9.73. The number of anilines is 2. The van der Waals surface area contributed by atoms with Gasteiger partial charge in [-0.05, 0) is 45.6 Å². The molecule has 39 heavy (non-hydrogen) atoms. The summed E-state index contributed by atoms with van der Waals surface area (Å²) in [6.07, 6.45) is 7.02. The monoisotopic (exact) mass is 552 g/mol. The molecule has 5 rings (SSSR count). The van der Waals surface area contributed by atoms with Crippen LogP contribution in [-0.2, 0) is 11.3 Å². The zero-order chi connectivity index (χ0) is 27.8. The van der Waals surface area contributed by atoms with Crippen LogP contribution in [0.4, 0.5) is 11.8 Å². The van der Waals surface area contributed by atoms with Gasteiger partial charge in [0.2, 0.25) is 5.95 Å². The van der Waals surface area contributed by atoms with Crippen molar-refractivity contribution < 1.29 is 19.4 Å². The van der Waals surface area contributed by atoms with Crippen LogP contribution in [0.15, 0.2) is 12.4 Å². The standard InChI is InChI=1S/C26H29ClN8O4/c1-12-9-29-18(13(2)21(12)39-3)11-35-23-20(22(27)33-26(28)34-23)16(25(35)38)8-19-30-10-17(32-19)24(37)31-14-4-6-15(36)7-5-14/h8-10,14-15,36H,4-7,11H2,1-3H3,(H,30,32)(H,31,37)(H2,28,33,34)/b16-8-. The number of nitrogens with zero attached hydrogens (tertiary/aromatic N) is 5. The van der Waals surface area contributed by atoms with Gasteiger partial charge < -0.3 is 25.9 Å². The number of pyridine rings is 1. The molecule has 13 heteroatoms. The number of ether oxygens (including phenoxy) is 1. The molecule has 0 unspecified atom stereocenters. The van der Waals surface area contributed by atoms with E-state index in [-0.39, 0.29) is 58.6 Å². The maximum Gasteiger partial charge on any atom is 0.269 e. The lowest BCUT2D eigenvalue weighted by molar-refractivity contribution is -0.113. The van der Waals surface area contributed by atoms with Crippen molar-refractivity contribution in [1.29, 1.82) is 0 Å². The Balaban J connectivity index is 1.44. The van der Waals surface area contributed by atoms with Gasteiger partial charge in [-0.15, -0.1) is 0 Å². The molecule has 2 aliphatic rings. The number of aromatic nitrogens is 5. The van der Waals surface area contributed by atoms with Crippen LogP contribution < -0.4 is 20.7 Å². The molecule has 0 aromatic carbocycles. The Morgan fingerprint density at radius 3 is 2.72 bits per heavy atom. The van der Waals surface area contributed by atoms with Crippen molar-refractivity contribution >= 4 is 46.8 Å². The summed E-state index contributed by atoms with van der Waals surface area (Å²) in [5.41, 5.74) is 8.94. The average molecular weight is 553 g/mol. The number of hydrogen-bond acceptors (Lipinski definition) is 9. The van der Waals surface area contributed by atoms with Gasteiger partial charge in [0.25, 0.3) is 11.8 Å². The Hall–Kier alpha value is -4.03. The summed E-state index contributed by atoms with van der Waals surface area (Å²) in [5, 5.41) is 12.7. The van der Waals surface area contributed by atoms with Crippen LogP contribution >= 0.6 is 11.6 Å². The maximum atomic E-state index is 13.7. The second-order valence-corrected chi connectivity index (χ2v) is 10.1. The number of aryl methyl sites for hydroxylation is 1. The number of rotatable bonds is 6. The first-order valence-corrected chi connectivity index (χ1v) is 12.9. The molecule has 1 saturated carbocycles. The van der Waals surface area contributed by atoms with Crippen molar-refractivity contribution in [3.05, 3.63) is 51.4 Å².